The molecule has 1 saturated heterocycles. The average Bonchev–Trinajstić information content (AvgIpc) is 3.44. The number of ether oxygens (including phenoxy) is 4. The van der Waals surface area contributed by atoms with E-state index in [2.05, 4.69) is 0 Å². The number of fused-ring (bicyclic) bond motifs is 1. The molecule has 2 amide bonds. The van der Waals surface area contributed by atoms with Gasteiger partial charge in [0.25, 0.3) is 11.1 Å². The van der Waals surface area contributed by atoms with Crippen LogP contribution in [-0.2, 0) is 11.3 Å². The number of carbonyl (C=O) groups is 3. The monoisotopic (exact) mass is 557 g/mol. The summed E-state index contributed by atoms with van der Waals surface area (Å²) in [6, 6.07) is 14.4. The van der Waals surface area contributed by atoms with Crippen molar-refractivity contribution in [3.63, 3.8) is 0 Å². The first kappa shape index (κ1) is 25.0. The van der Waals surface area contributed by atoms with Gasteiger partial charge in [0.05, 0.1) is 24.1 Å². The van der Waals surface area contributed by atoms with E-state index in [0.29, 0.717) is 32.7 Å². The zero-order valence-electron chi connectivity index (χ0n) is 19.2. The van der Waals surface area contributed by atoms with Crippen molar-refractivity contribution in [1.82, 2.24) is 4.90 Å². The van der Waals surface area contributed by atoms with Crippen LogP contribution >= 0.6 is 35.0 Å². The summed E-state index contributed by atoms with van der Waals surface area (Å²) in [7, 11) is 1.43. The highest BCUT2D eigenvalue weighted by Gasteiger charge is 2.36. The maximum Gasteiger partial charge on any atom is 0.343 e. The molecule has 1 fully saturated rings. The molecule has 0 unspecified atom stereocenters. The van der Waals surface area contributed by atoms with Crippen LogP contribution in [-0.4, -0.2) is 35.9 Å². The van der Waals surface area contributed by atoms with Crippen molar-refractivity contribution in [2.45, 2.75) is 6.54 Å². The number of thioether (sulfide) groups is 1. The quantitative estimate of drug-likeness (QED) is 0.201. The number of amides is 2. The number of halogens is 2. The van der Waals surface area contributed by atoms with Crippen molar-refractivity contribution in [2.75, 3.05) is 13.9 Å². The Hall–Kier alpha value is -3.66. The second-order valence-corrected chi connectivity index (χ2v) is 9.68. The van der Waals surface area contributed by atoms with Gasteiger partial charge in [0.1, 0.15) is 0 Å². The van der Waals surface area contributed by atoms with Gasteiger partial charge in [-0.1, -0.05) is 35.3 Å². The maximum absolute atomic E-state index is 13.2. The number of hydrogen-bond acceptors (Lipinski definition) is 8. The van der Waals surface area contributed by atoms with Gasteiger partial charge in [-0.15, -0.1) is 0 Å². The topological polar surface area (TPSA) is 91.4 Å². The van der Waals surface area contributed by atoms with Gasteiger partial charge in [0.2, 0.25) is 6.79 Å². The Morgan fingerprint density at radius 3 is 2.54 bits per heavy atom. The van der Waals surface area contributed by atoms with Crippen LogP contribution in [0.2, 0.25) is 10.0 Å². The van der Waals surface area contributed by atoms with E-state index in [4.69, 9.17) is 42.1 Å². The molecule has 3 aromatic carbocycles. The minimum absolute atomic E-state index is 0.0476. The predicted octanol–water partition coefficient (Wildman–Crippen LogP) is 6.19. The highest BCUT2D eigenvalue weighted by molar-refractivity contribution is 8.18. The van der Waals surface area contributed by atoms with E-state index in [0.717, 1.165) is 16.7 Å². The van der Waals surface area contributed by atoms with Crippen molar-refractivity contribution < 1.29 is 33.3 Å². The van der Waals surface area contributed by atoms with E-state index in [9.17, 15) is 14.4 Å². The van der Waals surface area contributed by atoms with Gasteiger partial charge in [-0.3, -0.25) is 14.5 Å². The smallest absolute Gasteiger partial charge is 0.343 e. The largest absolute Gasteiger partial charge is 0.493 e. The summed E-state index contributed by atoms with van der Waals surface area (Å²) < 4.78 is 21.7. The summed E-state index contributed by atoms with van der Waals surface area (Å²) in [6.45, 7) is 0.0267. The first-order valence-corrected chi connectivity index (χ1v) is 12.4. The SMILES string of the molecule is COc1cccc(/C=C2\SC(=O)N(Cc3cc4c(cc3Cl)OCO4)C2=O)c1OC(=O)c1ccc(Cl)cc1. The van der Waals surface area contributed by atoms with Gasteiger partial charge in [-0.05, 0) is 59.8 Å². The van der Waals surface area contributed by atoms with Gasteiger partial charge in [0.15, 0.2) is 23.0 Å². The van der Waals surface area contributed by atoms with Crippen LogP contribution in [0.4, 0.5) is 4.79 Å². The van der Waals surface area contributed by atoms with Crippen LogP contribution in [0.5, 0.6) is 23.0 Å². The highest BCUT2D eigenvalue weighted by atomic mass is 35.5. The molecule has 5 rings (SSSR count). The number of imide groups is 1. The number of esters is 1. The molecule has 0 aliphatic carbocycles. The molecule has 2 heterocycles. The number of para-hydroxylation sites is 1. The second kappa shape index (κ2) is 10.4. The molecule has 8 nitrogen and oxygen atoms in total. The molecule has 0 atom stereocenters. The van der Waals surface area contributed by atoms with Crippen LogP contribution in [0.25, 0.3) is 6.08 Å². The lowest BCUT2D eigenvalue weighted by molar-refractivity contribution is -0.123. The summed E-state index contributed by atoms with van der Waals surface area (Å²) in [4.78, 5) is 39.9. The standard InChI is InChI=1S/C26H17Cl2NO7S/c1-33-19-4-2-3-15(23(19)36-25(31)14-5-7-17(27)8-6-14)10-22-24(30)29(26(32)37-22)12-16-9-20-21(11-18(16)28)35-13-34-20/h2-11H,12-13H2,1H3/b22-10-. The van der Waals surface area contributed by atoms with Gasteiger partial charge in [0, 0.05) is 21.7 Å². The number of carbonyl (C=O) groups excluding carboxylic acids is 3. The molecule has 37 heavy (non-hydrogen) atoms. The molecule has 0 radical (unpaired) electrons. The zero-order chi connectivity index (χ0) is 26.1. The second-order valence-electron chi connectivity index (χ2n) is 7.84. The Morgan fingerprint density at radius 1 is 1.08 bits per heavy atom. The fourth-order valence-corrected chi connectivity index (χ4v) is 4.85. The number of benzene rings is 3. The lowest BCUT2D eigenvalue weighted by Crippen LogP contribution is -2.27. The summed E-state index contributed by atoms with van der Waals surface area (Å²) in [5.74, 6) is 0.229. The maximum atomic E-state index is 13.2. The van der Waals surface area contributed by atoms with Gasteiger partial charge >= 0.3 is 5.97 Å². The zero-order valence-corrected chi connectivity index (χ0v) is 21.5. The number of methoxy groups -OCH3 is 1. The van der Waals surface area contributed by atoms with Crippen molar-refractivity contribution >= 4 is 58.2 Å². The summed E-state index contributed by atoms with van der Waals surface area (Å²) in [5, 5.41) is 0.358. The van der Waals surface area contributed by atoms with E-state index < -0.39 is 17.1 Å². The normalized spacial score (nSPS) is 15.4. The van der Waals surface area contributed by atoms with Gasteiger partial charge < -0.3 is 18.9 Å². The van der Waals surface area contributed by atoms with E-state index in [1.54, 1.807) is 42.5 Å². The minimum Gasteiger partial charge on any atom is -0.493 e. The average molecular weight is 558 g/mol. The number of rotatable bonds is 6. The lowest BCUT2D eigenvalue weighted by Gasteiger charge is -2.14. The lowest BCUT2D eigenvalue weighted by atomic mass is 10.1. The summed E-state index contributed by atoms with van der Waals surface area (Å²) in [6.07, 6.45) is 1.49. The molecule has 2 aliphatic heterocycles. The van der Waals surface area contributed by atoms with Crippen LogP contribution < -0.4 is 18.9 Å². The number of nitrogens with zero attached hydrogens (tertiary/aromatic N) is 1. The van der Waals surface area contributed by atoms with E-state index in [-0.39, 0.29) is 35.3 Å². The first-order valence-electron chi connectivity index (χ1n) is 10.8. The summed E-state index contributed by atoms with van der Waals surface area (Å²) >= 11 is 13.0. The molecular weight excluding hydrogens is 541 g/mol. The molecule has 188 valence electrons. The third-order valence-electron chi connectivity index (χ3n) is 5.53. The minimum atomic E-state index is -0.638. The fourth-order valence-electron chi connectivity index (χ4n) is 3.68. The third kappa shape index (κ3) is 5.11. The molecule has 0 aromatic heterocycles. The molecular formula is C26H17Cl2NO7S. The highest BCUT2D eigenvalue weighted by Crippen LogP contribution is 2.41. The van der Waals surface area contributed by atoms with Crippen LogP contribution in [0.1, 0.15) is 21.5 Å². The molecule has 0 spiro atoms. The van der Waals surface area contributed by atoms with Crippen molar-refractivity contribution in [1.29, 1.82) is 0 Å². The van der Waals surface area contributed by atoms with Gasteiger partial charge in [-0.25, -0.2) is 4.79 Å². The first-order chi connectivity index (χ1) is 17.8. The van der Waals surface area contributed by atoms with E-state index in [1.165, 1.54) is 25.3 Å². The van der Waals surface area contributed by atoms with Crippen molar-refractivity contribution in [2.24, 2.45) is 0 Å². The molecule has 3 aromatic rings. The molecule has 11 heteroatoms. The van der Waals surface area contributed by atoms with Crippen LogP contribution in [0, 0.1) is 0 Å². The Kier molecular flexibility index (Phi) is 7.01. The Balaban J connectivity index is 1.41. The van der Waals surface area contributed by atoms with Crippen LogP contribution in [0.3, 0.4) is 0 Å². The third-order valence-corrected chi connectivity index (χ3v) is 7.05. The van der Waals surface area contributed by atoms with Crippen LogP contribution in [0.15, 0.2) is 59.5 Å². The molecule has 0 bridgehead atoms. The Morgan fingerprint density at radius 2 is 1.81 bits per heavy atom. The molecule has 2 aliphatic rings. The Bertz CT molecular complexity index is 1460. The summed E-state index contributed by atoms with van der Waals surface area (Å²) in [5.41, 5.74) is 1.20. The van der Waals surface area contributed by atoms with Crippen molar-refractivity contribution in [3.05, 3.63) is 86.2 Å². The molecule has 0 saturated carbocycles. The van der Waals surface area contributed by atoms with Crippen molar-refractivity contribution in [3.8, 4) is 23.0 Å². The molecule has 0 N–H and O–H groups in total. The predicted molar refractivity (Wildman–Crippen MR) is 138 cm³/mol. The fraction of sp³-hybridized carbons (Fsp3) is 0.115. The Labute approximate surface area is 225 Å². The number of hydrogen-bond donors (Lipinski definition) is 0. The van der Waals surface area contributed by atoms with E-state index in [1.807, 2.05) is 0 Å². The van der Waals surface area contributed by atoms with E-state index >= 15 is 0 Å². The van der Waals surface area contributed by atoms with Gasteiger partial charge in [-0.2, -0.15) is 0 Å².